The predicted molar refractivity (Wildman–Crippen MR) is 67.2 cm³/mol. The molecule has 0 saturated heterocycles. The summed E-state index contributed by atoms with van der Waals surface area (Å²) >= 11 is 12.3. The third-order valence-electron chi connectivity index (χ3n) is 3.25. The van der Waals surface area contributed by atoms with Crippen LogP contribution in [0.3, 0.4) is 0 Å². The van der Waals surface area contributed by atoms with Crippen LogP contribution in [0.2, 0.25) is 10.3 Å². The van der Waals surface area contributed by atoms with Gasteiger partial charge in [0.15, 0.2) is 0 Å². The summed E-state index contributed by atoms with van der Waals surface area (Å²) in [6.45, 7) is 6.51. The van der Waals surface area contributed by atoms with E-state index in [1.807, 2.05) is 0 Å². The van der Waals surface area contributed by atoms with Crippen molar-refractivity contribution in [3.05, 3.63) is 21.7 Å². The highest BCUT2D eigenvalue weighted by atomic mass is 35.5. The zero-order chi connectivity index (χ0) is 11.9. The second-order valence-corrected chi connectivity index (χ2v) is 5.85. The summed E-state index contributed by atoms with van der Waals surface area (Å²) in [4.78, 5) is 8.76. The van der Waals surface area contributed by atoms with Crippen LogP contribution in [0.5, 0.6) is 0 Å². The number of nitrogens with zero attached hydrogens (tertiary/aromatic N) is 2. The summed E-state index contributed by atoms with van der Waals surface area (Å²) in [5.74, 6) is 1.22. The molecule has 1 aliphatic carbocycles. The molecule has 0 aromatic carbocycles. The zero-order valence-electron chi connectivity index (χ0n) is 9.85. The van der Waals surface area contributed by atoms with Crippen LogP contribution in [0.25, 0.3) is 0 Å². The lowest BCUT2D eigenvalue weighted by Crippen LogP contribution is -2.02. The van der Waals surface area contributed by atoms with E-state index in [4.69, 9.17) is 23.2 Å². The number of hydrogen-bond donors (Lipinski definition) is 0. The summed E-state index contributed by atoms with van der Waals surface area (Å²) in [5, 5.41) is 1.05. The van der Waals surface area contributed by atoms with E-state index < -0.39 is 0 Å². The maximum absolute atomic E-state index is 6.14. The molecule has 88 valence electrons. The molecule has 1 aromatic rings. The fraction of sp³-hybridized carbons (Fsp3) is 0.667. The summed E-state index contributed by atoms with van der Waals surface area (Å²) in [5.41, 5.74) is 1.19. The van der Waals surface area contributed by atoms with Gasteiger partial charge < -0.3 is 0 Å². The second kappa shape index (κ2) is 4.15. The fourth-order valence-corrected chi connectivity index (χ4v) is 2.56. The van der Waals surface area contributed by atoms with Crippen molar-refractivity contribution in [2.24, 2.45) is 5.41 Å². The summed E-state index contributed by atoms with van der Waals surface area (Å²) < 4.78 is 0. The molecule has 1 atom stereocenters. The zero-order valence-corrected chi connectivity index (χ0v) is 11.4. The maximum Gasteiger partial charge on any atom is 0.137 e. The van der Waals surface area contributed by atoms with Crippen LogP contribution in [0.1, 0.15) is 50.9 Å². The van der Waals surface area contributed by atoms with E-state index in [-0.39, 0.29) is 0 Å². The average Bonchev–Trinajstić information content (AvgIpc) is 2.81. The number of hydrogen-bond acceptors (Lipinski definition) is 2. The molecule has 1 aliphatic rings. The quantitative estimate of drug-likeness (QED) is 0.758. The molecule has 0 spiro atoms. The first kappa shape index (κ1) is 12.1. The van der Waals surface area contributed by atoms with Gasteiger partial charge in [-0.15, -0.1) is 0 Å². The number of aromatic nitrogens is 2. The molecule has 0 N–H and O–H groups in total. The Kier molecular flexibility index (Phi) is 3.15. The van der Waals surface area contributed by atoms with Gasteiger partial charge >= 0.3 is 0 Å². The molecule has 0 amide bonds. The summed E-state index contributed by atoms with van der Waals surface area (Å²) in [7, 11) is 0. The van der Waals surface area contributed by atoms with Gasteiger partial charge in [0, 0.05) is 11.5 Å². The van der Waals surface area contributed by atoms with Crippen molar-refractivity contribution in [3.63, 3.8) is 0 Å². The molecular formula is C12H16Cl2N2. The van der Waals surface area contributed by atoms with Gasteiger partial charge in [0.2, 0.25) is 0 Å². The van der Waals surface area contributed by atoms with Crippen molar-refractivity contribution in [2.75, 3.05) is 0 Å². The lowest BCUT2D eigenvalue weighted by Gasteiger charge is -2.08. The first-order valence-corrected chi connectivity index (χ1v) is 6.43. The third-order valence-corrected chi connectivity index (χ3v) is 3.87. The van der Waals surface area contributed by atoms with Crippen molar-refractivity contribution in [1.82, 2.24) is 9.97 Å². The van der Waals surface area contributed by atoms with E-state index in [1.165, 1.54) is 0 Å². The minimum absolute atomic E-state index is 0.304. The number of rotatable bonds is 3. The molecule has 0 bridgehead atoms. The lowest BCUT2D eigenvalue weighted by molar-refractivity contribution is 0.607. The lowest BCUT2D eigenvalue weighted by atomic mass is 10.1. The topological polar surface area (TPSA) is 25.8 Å². The molecule has 1 unspecified atom stereocenters. The van der Waals surface area contributed by atoms with Crippen LogP contribution in [0.15, 0.2) is 0 Å². The maximum atomic E-state index is 6.14. The van der Waals surface area contributed by atoms with E-state index in [1.54, 1.807) is 0 Å². The first-order valence-electron chi connectivity index (χ1n) is 5.67. The molecule has 2 nitrogen and oxygen atoms in total. The summed E-state index contributed by atoms with van der Waals surface area (Å²) in [6.07, 6.45) is 2.95. The average molecular weight is 259 g/mol. The molecule has 4 heteroatoms. The highest BCUT2D eigenvalue weighted by molar-refractivity contribution is 6.34. The van der Waals surface area contributed by atoms with Crippen LogP contribution in [0, 0.1) is 5.41 Å². The van der Waals surface area contributed by atoms with Crippen molar-refractivity contribution in [1.29, 1.82) is 0 Å². The normalized spacial score (nSPS) is 22.2. The van der Waals surface area contributed by atoms with Crippen molar-refractivity contribution < 1.29 is 0 Å². The van der Waals surface area contributed by atoms with E-state index in [0.717, 1.165) is 30.7 Å². The van der Waals surface area contributed by atoms with Crippen LogP contribution in [-0.4, -0.2) is 9.97 Å². The van der Waals surface area contributed by atoms with Crippen LogP contribution in [0.4, 0.5) is 0 Å². The fourth-order valence-electron chi connectivity index (χ4n) is 1.97. The Morgan fingerprint density at radius 2 is 1.75 bits per heavy atom. The SMILES string of the molecule is CCCc1c(Cl)nc(C2CC2(C)C)nc1Cl. The monoisotopic (exact) mass is 258 g/mol. The molecule has 0 aliphatic heterocycles. The summed E-state index contributed by atoms with van der Waals surface area (Å²) in [6, 6.07) is 0. The Bertz CT molecular complexity index is 392. The molecular weight excluding hydrogens is 243 g/mol. The van der Waals surface area contributed by atoms with Gasteiger partial charge in [-0.25, -0.2) is 9.97 Å². The number of halogens is 2. The van der Waals surface area contributed by atoms with Crippen LogP contribution >= 0.6 is 23.2 Å². The Labute approximate surface area is 106 Å². The van der Waals surface area contributed by atoms with Gasteiger partial charge in [-0.05, 0) is 18.3 Å². The third kappa shape index (κ3) is 2.18. The molecule has 16 heavy (non-hydrogen) atoms. The van der Waals surface area contributed by atoms with Crippen LogP contribution in [-0.2, 0) is 6.42 Å². The second-order valence-electron chi connectivity index (χ2n) is 5.14. The highest BCUT2D eigenvalue weighted by Crippen LogP contribution is 2.57. The molecule has 1 aromatic heterocycles. The van der Waals surface area contributed by atoms with Gasteiger partial charge in [-0.2, -0.15) is 0 Å². The van der Waals surface area contributed by atoms with Gasteiger partial charge in [0.25, 0.3) is 0 Å². The van der Waals surface area contributed by atoms with Crippen molar-refractivity contribution in [2.45, 2.75) is 46.0 Å². The largest absolute Gasteiger partial charge is 0.220 e. The molecule has 2 rings (SSSR count). The first-order chi connectivity index (χ1) is 7.45. The minimum atomic E-state index is 0.304. The molecule has 1 saturated carbocycles. The Morgan fingerprint density at radius 1 is 1.25 bits per heavy atom. The Morgan fingerprint density at radius 3 is 2.12 bits per heavy atom. The van der Waals surface area contributed by atoms with E-state index >= 15 is 0 Å². The van der Waals surface area contributed by atoms with Gasteiger partial charge in [-0.3, -0.25) is 0 Å². The Hall–Kier alpha value is -0.340. The van der Waals surface area contributed by atoms with Crippen LogP contribution < -0.4 is 0 Å². The van der Waals surface area contributed by atoms with Gasteiger partial charge in [0.1, 0.15) is 16.1 Å². The van der Waals surface area contributed by atoms with Gasteiger partial charge in [-0.1, -0.05) is 50.4 Å². The van der Waals surface area contributed by atoms with Crippen molar-refractivity contribution in [3.8, 4) is 0 Å². The smallest absolute Gasteiger partial charge is 0.137 e. The minimum Gasteiger partial charge on any atom is -0.220 e. The van der Waals surface area contributed by atoms with E-state index in [2.05, 4.69) is 30.7 Å². The van der Waals surface area contributed by atoms with E-state index in [9.17, 15) is 0 Å². The molecule has 1 heterocycles. The predicted octanol–water partition coefficient (Wildman–Crippen LogP) is 4.25. The molecule has 0 radical (unpaired) electrons. The van der Waals surface area contributed by atoms with Crippen molar-refractivity contribution >= 4 is 23.2 Å². The van der Waals surface area contributed by atoms with Gasteiger partial charge in [0.05, 0.1) is 0 Å². The molecule has 1 fully saturated rings. The standard InChI is InChI=1S/C12H16Cl2N2/c1-4-5-7-9(13)15-11(16-10(7)14)8-6-12(8,2)3/h8H,4-6H2,1-3H3. The van der Waals surface area contributed by atoms with E-state index in [0.29, 0.717) is 21.6 Å². The Balaban J connectivity index is 2.31. The highest BCUT2D eigenvalue weighted by Gasteiger charge is 2.48.